The summed E-state index contributed by atoms with van der Waals surface area (Å²) in [4.78, 5) is 9.34. The van der Waals surface area contributed by atoms with Gasteiger partial charge in [0, 0.05) is 10.4 Å². The molecule has 0 rings (SSSR count). The number of carboxylic acids is 1. The Balaban J connectivity index is -0.0000000546. The van der Waals surface area contributed by atoms with Gasteiger partial charge in [-0.2, -0.15) is 0 Å². The molecule has 0 aliphatic heterocycles. The monoisotopic (exact) mass is 301 g/mol. The van der Waals surface area contributed by atoms with E-state index < -0.39 is 22.5 Å². The van der Waals surface area contributed by atoms with E-state index in [9.17, 15) is 9.90 Å². The van der Waals surface area contributed by atoms with Crippen LogP contribution in [0.4, 0.5) is 0 Å². The third-order valence-electron chi connectivity index (χ3n) is 0.341. The van der Waals surface area contributed by atoms with Crippen molar-refractivity contribution in [2.75, 3.05) is 0 Å². The molecule has 10 heteroatoms. The van der Waals surface area contributed by atoms with E-state index in [1.807, 2.05) is 0 Å². The van der Waals surface area contributed by atoms with Gasteiger partial charge in [0.05, 0.1) is 12.1 Å². The number of aliphatic hydroxyl groups is 1. The topological polar surface area (TPSA) is 141 Å². The number of carbonyl (C=O) groups excluding carboxylic acids is 1. The van der Waals surface area contributed by atoms with Gasteiger partial charge in [-0.3, -0.25) is 8.42 Å². The van der Waals surface area contributed by atoms with Crippen molar-refractivity contribution >= 4 is 16.4 Å². The van der Waals surface area contributed by atoms with Crippen LogP contribution in [-0.2, 0) is 48.2 Å². The molecule has 1 N–H and O–H groups in total. The molecule has 84 valence electrons. The third kappa shape index (κ3) is 70.7. The first kappa shape index (κ1) is 23.3. The molecule has 1 atom stereocenters. The molecule has 0 fully saturated rings. The summed E-state index contributed by atoms with van der Waals surface area (Å²) in [7, 11) is -5.17. The van der Waals surface area contributed by atoms with Crippen LogP contribution >= 0.6 is 0 Å². The number of aliphatic carboxylic acids is 1. The minimum Gasteiger partial charge on any atom is -0.759 e. The van der Waals surface area contributed by atoms with Crippen LogP contribution in [0.15, 0.2) is 0 Å². The molecule has 13 heavy (non-hydrogen) atoms. The van der Waals surface area contributed by atoms with Crippen LogP contribution in [0, 0.1) is 0 Å². The molecule has 0 saturated heterocycles. The van der Waals surface area contributed by atoms with Crippen molar-refractivity contribution in [3.8, 4) is 0 Å². The fourth-order valence-corrected chi connectivity index (χ4v) is 0. The van der Waals surface area contributed by atoms with Gasteiger partial charge < -0.3 is 24.1 Å². The number of carboxylic acid groups (broad SMARTS) is 1. The SMILES string of the molecule is CC(O)C(=O)[O-].O=S(=O)([O-])[O-].[Ni+2].[Ni+2]. The summed E-state index contributed by atoms with van der Waals surface area (Å²) in [6.07, 6.45) is -1.34. The molecule has 0 aromatic carbocycles. The molecule has 0 amide bonds. The Morgan fingerprint density at radius 1 is 1.31 bits per heavy atom. The predicted octanol–water partition coefficient (Wildman–Crippen LogP) is -3.23. The normalized spacial score (nSPS) is 10.8. The standard InChI is InChI=1S/C3H6O3.2Ni.H2O4S/c1-2(4)3(5)6;;;1-5(2,3)4/h2,4H,1H3,(H,5,6);;;(H2,1,2,3,4)/q;2*+2;/p-3. The van der Waals surface area contributed by atoms with E-state index in [0.29, 0.717) is 0 Å². The molecule has 0 heterocycles. The van der Waals surface area contributed by atoms with Gasteiger partial charge in [0.25, 0.3) is 0 Å². The molecular weight excluding hydrogens is 297 g/mol. The van der Waals surface area contributed by atoms with Crippen molar-refractivity contribution in [3.63, 3.8) is 0 Å². The first-order chi connectivity index (χ1) is 4.64. The quantitative estimate of drug-likeness (QED) is 0.305. The Labute approximate surface area is 95.0 Å². The van der Waals surface area contributed by atoms with Crippen LogP contribution in [0.3, 0.4) is 0 Å². The number of hydrogen-bond acceptors (Lipinski definition) is 7. The van der Waals surface area contributed by atoms with Crippen LogP contribution in [-0.4, -0.2) is 34.7 Å². The van der Waals surface area contributed by atoms with Gasteiger partial charge >= 0.3 is 33.0 Å². The molecule has 0 aromatic heterocycles. The average molecular weight is 303 g/mol. The van der Waals surface area contributed by atoms with Crippen molar-refractivity contribution < 1.29 is 65.5 Å². The first-order valence-electron chi connectivity index (χ1n) is 2.20. The van der Waals surface area contributed by atoms with E-state index in [-0.39, 0.29) is 33.0 Å². The molecule has 0 aliphatic rings. The second-order valence-corrected chi connectivity index (χ2v) is 2.22. The Bertz CT molecular complexity index is 202. The van der Waals surface area contributed by atoms with E-state index in [1.54, 1.807) is 0 Å². The van der Waals surface area contributed by atoms with E-state index in [0.717, 1.165) is 6.92 Å². The van der Waals surface area contributed by atoms with E-state index in [4.69, 9.17) is 22.6 Å². The van der Waals surface area contributed by atoms with Crippen LogP contribution in [0.2, 0.25) is 0 Å². The predicted molar refractivity (Wildman–Crippen MR) is 27.2 cm³/mol. The molecule has 0 aliphatic carbocycles. The van der Waals surface area contributed by atoms with Crippen molar-refractivity contribution in [2.45, 2.75) is 13.0 Å². The Morgan fingerprint density at radius 3 is 1.38 bits per heavy atom. The smallest absolute Gasteiger partial charge is 0.759 e. The number of hydrogen-bond donors (Lipinski definition) is 1. The van der Waals surface area contributed by atoms with Gasteiger partial charge in [0.2, 0.25) is 0 Å². The summed E-state index contributed by atoms with van der Waals surface area (Å²) in [5.41, 5.74) is 0. The maximum atomic E-state index is 9.34. The van der Waals surface area contributed by atoms with Crippen molar-refractivity contribution in [1.82, 2.24) is 0 Å². The van der Waals surface area contributed by atoms with E-state index in [1.165, 1.54) is 0 Å². The number of rotatable bonds is 1. The summed E-state index contributed by atoms with van der Waals surface area (Å²) in [5.74, 6) is -1.44. The van der Waals surface area contributed by atoms with Crippen LogP contribution in [0.25, 0.3) is 0 Å². The molecule has 0 radical (unpaired) electrons. The summed E-state index contributed by atoms with van der Waals surface area (Å²) in [6.45, 7) is 1.13. The number of carbonyl (C=O) groups is 1. The molecule has 0 saturated carbocycles. The zero-order valence-electron chi connectivity index (χ0n) is 6.01. The van der Waals surface area contributed by atoms with E-state index >= 15 is 0 Å². The van der Waals surface area contributed by atoms with Crippen molar-refractivity contribution in [1.29, 1.82) is 0 Å². The number of aliphatic hydroxyl groups excluding tert-OH is 1. The molecule has 0 aromatic rings. The van der Waals surface area contributed by atoms with Gasteiger partial charge in [-0.1, -0.05) is 0 Å². The van der Waals surface area contributed by atoms with Crippen molar-refractivity contribution in [3.05, 3.63) is 0 Å². The zero-order chi connectivity index (χ0) is 9.65. The third-order valence-corrected chi connectivity index (χ3v) is 0.341. The second-order valence-electron chi connectivity index (χ2n) is 1.40. The van der Waals surface area contributed by atoms with E-state index in [2.05, 4.69) is 0 Å². The molecule has 0 spiro atoms. The van der Waals surface area contributed by atoms with Gasteiger partial charge in [-0.15, -0.1) is 0 Å². The summed E-state index contributed by atoms with van der Waals surface area (Å²) >= 11 is 0. The van der Waals surface area contributed by atoms with Crippen LogP contribution in [0.5, 0.6) is 0 Å². The summed E-state index contributed by atoms with van der Waals surface area (Å²) < 4.78 is 34.1. The largest absolute Gasteiger partial charge is 2.00 e. The molecule has 7 nitrogen and oxygen atoms in total. The van der Waals surface area contributed by atoms with Crippen LogP contribution < -0.4 is 5.11 Å². The van der Waals surface area contributed by atoms with Gasteiger partial charge in [-0.25, -0.2) is 0 Å². The Morgan fingerprint density at radius 2 is 1.38 bits per heavy atom. The van der Waals surface area contributed by atoms with Crippen molar-refractivity contribution in [2.24, 2.45) is 0 Å². The fraction of sp³-hybridized carbons (Fsp3) is 0.667. The fourth-order valence-electron chi connectivity index (χ4n) is 0. The van der Waals surface area contributed by atoms with Gasteiger partial charge in [0.1, 0.15) is 0 Å². The van der Waals surface area contributed by atoms with Gasteiger partial charge in [0.15, 0.2) is 0 Å². The molecular formula is C3H5Ni2O7S+. The summed E-state index contributed by atoms with van der Waals surface area (Å²) in [6, 6.07) is 0. The second kappa shape index (κ2) is 10.4. The van der Waals surface area contributed by atoms with Crippen LogP contribution in [0.1, 0.15) is 6.92 Å². The molecule has 1 unspecified atom stereocenters. The zero-order valence-corrected chi connectivity index (χ0v) is 8.81. The Kier molecular flexibility index (Phi) is 18.5. The maximum Gasteiger partial charge on any atom is 2.00 e. The average Bonchev–Trinajstić information content (AvgIpc) is 1.59. The maximum absolute atomic E-state index is 9.34. The Hall–Kier alpha value is 0.287. The first-order valence-corrected chi connectivity index (χ1v) is 3.53. The minimum atomic E-state index is -5.17. The van der Waals surface area contributed by atoms with Gasteiger partial charge in [-0.05, 0) is 6.92 Å². The minimum absolute atomic E-state index is 0. The summed E-state index contributed by atoms with van der Waals surface area (Å²) in [5, 5.41) is 17.3. The molecule has 0 bridgehead atoms.